The summed E-state index contributed by atoms with van der Waals surface area (Å²) >= 11 is 0. The van der Waals surface area contributed by atoms with Crippen molar-refractivity contribution in [2.75, 3.05) is 6.54 Å². The van der Waals surface area contributed by atoms with Gasteiger partial charge in [-0.25, -0.2) is 0 Å². The van der Waals surface area contributed by atoms with Gasteiger partial charge in [0, 0.05) is 19.4 Å². The van der Waals surface area contributed by atoms with Crippen LogP contribution in [0.15, 0.2) is 0 Å². The average Bonchev–Trinajstić information content (AvgIpc) is 2.39. The molecule has 10 nitrogen and oxygen atoms in total. The van der Waals surface area contributed by atoms with E-state index in [1.54, 1.807) is 0 Å². The molecule has 0 amide bonds. The van der Waals surface area contributed by atoms with Crippen LogP contribution in [-0.2, 0) is 14.4 Å². The number of carboxylic acids is 3. The maximum atomic E-state index is 10.2. The second-order valence-corrected chi connectivity index (χ2v) is 4.42. The topological polar surface area (TPSA) is 200 Å². The number of nitrogens with one attached hydrogen (secondary N) is 2. The van der Waals surface area contributed by atoms with E-state index < -0.39 is 23.9 Å². The van der Waals surface area contributed by atoms with Crippen molar-refractivity contribution in [2.24, 2.45) is 11.5 Å². The van der Waals surface area contributed by atoms with Gasteiger partial charge in [0.1, 0.15) is 6.04 Å². The van der Waals surface area contributed by atoms with Gasteiger partial charge in [-0.3, -0.25) is 19.8 Å². The standard InChI is InChI=1S/C6H14N4O2.C6H10O4/c7-4(5(11)12)2-1-3-10-6(8)9;7-5(8)3-1-2-4-6(9)10/h4H,1-3,7H2,(H,11,12)(H4,8,9,10);1-4H2,(H,7,8)(H,9,10)/t4-;/m0./s1. The summed E-state index contributed by atoms with van der Waals surface area (Å²) in [4.78, 5) is 30.0. The lowest BCUT2D eigenvalue weighted by molar-refractivity contribution is -0.139. The normalized spacial score (nSPS) is 10.8. The van der Waals surface area contributed by atoms with Gasteiger partial charge in [0.05, 0.1) is 0 Å². The van der Waals surface area contributed by atoms with Gasteiger partial charge < -0.3 is 32.1 Å². The monoisotopic (exact) mass is 320 g/mol. The van der Waals surface area contributed by atoms with Gasteiger partial charge in [-0.15, -0.1) is 0 Å². The Bertz CT molecular complexity index is 359. The summed E-state index contributed by atoms with van der Waals surface area (Å²) in [6.45, 7) is 0.482. The Kier molecular flexibility index (Phi) is 13.6. The number of guanidine groups is 1. The molecule has 0 heterocycles. The molecular weight excluding hydrogens is 296 g/mol. The molecule has 0 aromatic carbocycles. The summed E-state index contributed by atoms with van der Waals surface area (Å²) in [5.74, 6) is -2.85. The fourth-order valence-corrected chi connectivity index (χ4v) is 1.22. The van der Waals surface area contributed by atoms with E-state index >= 15 is 0 Å². The van der Waals surface area contributed by atoms with E-state index in [-0.39, 0.29) is 18.8 Å². The molecule has 9 N–H and O–H groups in total. The van der Waals surface area contributed by atoms with Crippen molar-refractivity contribution < 1.29 is 29.7 Å². The first-order valence-electron chi connectivity index (χ1n) is 6.66. The number of nitrogens with two attached hydrogens (primary N) is 2. The summed E-state index contributed by atoms with van der Waals surface area (Å²) in [5, 5.41) is 34.0. The third-order valence-electron chi connectivity index (χ3n) is 2.36. The predicted molar refractivity (Wildman–Crippen MR) is 78.5 cm³/mol. The smallest absolute Gasteiger partial charge is 0.320 e. The second-order valence-electron chi connectivity index (χ2n) is 4.42. The van der Waals surface area contributed by atoms with Crippen LogP contribution in [0.5, 0.6) is 0 Å². The van der Waals surface area contributed by atoms with E-state index in [0.717, 1.165) is 0 Å². The number of hydrogen-bond donors (Lipinski definition) is 7. The van der Waals surface area contributed by atoms with Crippen LogP contribution in [0.25, 0.3) is 0 Å². The van der Waals surface area contributed by atoms with Gasteiger partial charge in [0.15, 0.2) is 5.96 Å². The highest BCUT2D eigenvalue weighted by Crippen LogP contribution is 1.98. The Hall–Kier alpha value is -2.36. The quantitative estimate of drug-likeness (QED) is 0.155. The highest BCUT2D eigenvalue weighted by molar-refractivity contribution is 5.74. The molecule has 128 valence electrons. The zero-order valence-electron chi connectivity index (χ0n) is 12.2. The van der Waals surface area contributed by atoms with E-state index in [4.69, 9.17) is 32.2 Å². The molecule has 10 heteroatoms. The van der Waals surface area contributed by atoms with Crippen LogP contribution in [-0.4, -0.2) is 51.8 Å². The molecule has 0 aliphatic carbocycles. The van der Waals surface area contributed by atoms with E-state index in [1.807, 2.05) is 0 Å². The lowest BCUT2D eigenvalue weighted by atomic mass is 10.2. The molecule has 1 atom stereocenters. The Morgan fingerprint density at radius 3 is 1.77 bits per heavy atom. The van der Waals surface area contributed by atoms with E-state index in [0.29, 0.717) is 32.2 Å². The Balaban J connectivity index is 0. The van der Waals surface area contributed by atoms with Crippen molar-refractivity contribution >= 4 is 23.9 Å². The fourth-order valence-electron chi connectivity index (χ4n) is 1.22. The number of hydrogen-bond acceptors (Lipinski definition) is 5. The minimum absolute atomic E-state index is 0.0628. The highest BCUT2D eigenvalue weighted by atomic mass is 16.4. The highest BCUT2D eigenvalue weighted by Gasteiger charge is 2.09. The van der Waals surface area contributed by atoms with Crippen molar-refractivity contribution in [3.8, 4) is 0 Å². The van der Waals surface area contributed by atoms with Crippen LogP contribution in [0.4, 0.5) is 0 Å². The molecule has 0 saturated heterocycles. The largest absolute Gasteiger partial charge is 0.481 e. The van der Waals surface area contributed by atoms with Gasteiger partial charge >= 0.3 is 17.9 Å². The molecule has 0 unspecified atom stereocenters. The van der Waals surface area contributed by atoms with Crippen LogP contribution in [0.3, 0.4) is 0 Å². The number of aliphatic carboxylic acids is 3. The molecule has 0 rings (SSSR count). The summed E-state index contributed by atoms with van der Waals surface area (Å²) in [7, 11) is 0. The maximum Gasteiger partial charge on any atom is 0.320 e. The Labute approximate surface area is 128 Å². The molecule has 22 heavy (non-hydrogen) atoms. The SMILES string of the molecule is N=C(N)NCCC[C@H](N)C(=O)O.O=C(O)CCCCC(=O)O. The van der Waals surface area contributed by atoms with Crippen LogP contribution >= 0.6 is 0 Å². The average molecular weight is 320 g/mol. The van der Waals surface area contributed by atoms with Crippen molar-refractivity contribution in [1.82, 2.24) is 5.32 Å². The second kappa shape index (κ2) is 13.6. The van der Waals surface area contributed by atoms with E-state index in [9.17, 15) is 14.4 Å². The fraction of sp³-hybridized carbons (Fsp3) is 0.667. The lowest BCUT2D eigenvalue weighted by Gasteiger charge is -2.06. The minimum Gasteiger partial charge on any atom is -0.481 e. The van der Waals surface area contributed by atoms with Crippen LogP contribution in [0, 0.1) is 5.41 Å². The Morgan fingerprint density at radius 2 is 1.45 bits per heavy atom. The van der Waals surface area contributed by atoms with Crippen LogP contribution < -0.4 is 16.8 Å². The third-order valence-corrected chi connectivity index (χ3v) is 2.36. The number of unbranched alkanes of at least 4 members (excludes halogenated alkanes) is 1. The van der Waals surface area contributed by atoms with Crippen molar-refractivity contribution in [3.63, 3.8) is 0 Å². The van der Waals surface area contributed by atoms with Gasteiger partial charge in [-0.05, 0) is 25.7 Å². The van der Waals surface area contributed by atoms with Gasteiger partial charge in [-0.1, -0.05) is 0 Å². The molecule has 0 saturated carbocycles. The Morgan fingerprint density at radius 1 is 1.00 bits per heavy atom. The lowest BCUT2D eigenvalue weighted by Crippen LogP contribution is -2.34. The molecular formula is C12H24N4O6. The number of carbonyl (C=O) groups is 3. The predicted octanol–water partition coefficient (Wildman–Crippen LogP) is -0.622. The van der Waals surface area contributed by atoms with Crippen molar-refractivity contribution in [2.45, 2.75) is 44.6 Å². The zero-order chi connectivity index (χ0) is 17.5. The molecule has 0 fully saturated rings. The zero-order valence-corrected chi connectivity index (χ0v) is 12.2. The van der Waals surface area contributed by atoms with Gasteiger partial charge in [0.25, 0.3) is 0 Å². The number of carboxylic acid groups (broad SMARTS) is 3. The first-order valence-corrected chi connectivity index (χ1v) is 6.66. The van der Waals surface area contributed by atoms with Gasteiger partial charge in [-0.2, -0.15) is 0 Å². The molecule has 0 bridgehead atoms. The first kappa shape index (κ1) is 21.9. The van der Waals surface area contributed by atoms with Crippen LogP contribution in [0.1, 0.15) is 38.5 Å². The van der Waals surface area contributed by atoms with Crippen molar-refractivity contribution in [1.29, 1.82) is 5.41 Å². The van der Waals surface area contributed by atoms with Gasteiger partial charge in [0.2, 0.25) is 0 Å². The number of rotatable bonds is 10. The maximum absolute atomic E-state index is 10.2. The molecule has 0 aliphatic rings. The van der Waals surface area contributed by atoms with E-state index in [2.05, 4.69) is 5.32 Å². The van der Waals surface area contributed by atoms with Crippen LogP contribution in [0.2, 0.25) is 0 Å². The molecule has 0 spiro atoms. The molecule has 0 aromatic heterocycles. The summed E-state index contributed by atoms with van der Waals surface area (Å²) in [6.07, 6.45) is 1.99. The van der Waals surface area contributed by atoms with E-state index in [1.165, 1.54) is 0 Å². The summed E-state index contributed by atoms with van der Waals surface area (Å²) in [5.41, 5.74) is 10.2. The summed E-state index contributed by atoms with van der Waals surface area (Å²) in [6, 6.07) is -0.821. The third kappa shape index (κ3) is 20.0. The molecule has 0 radical (unpaired) electrons. The summed E-state index contributed by atoms with van der Waals surface area (Å²) < 4.78 is 0. The first-order chi connectivity index (χ1) is 10.2. The van der Waals surface area contributed by atoms with Crippen molar-refractivity contribution in [3.05, 3.63) is 0 Å². The molecule has 0 aromatic rings. The minimum atomic E-state index is -1.00. The molecule has 0 aliphatic heterocycles.